The van der Waals surface area contributed by atoms with Crippen molar-refractivity contribution < 1.29 is 13.7 Å². The van der Waals surface area contributed by atoms with Crippen molar-refractivity contribution in [3.63, 3.8) is 0 Å². The van der Waals surface area contributed by atoms with Crippen molar-refractivity contribution in [2.45, 2.75) is 26.2 Å². The van der Waals surface area contributed by atoms with Crippen LogP contribution in [0.25, 0.3) is 22.8 Å². The molecule has 1 N–H and O–H groups in total. The highest BCUT2D eigenvalue weighted by atomic mass is 16.5. The van der Waals surface area contributed by atoms with E-state index in [1.807, 2.05) is 12.1 Å². The number of carbonyl (C=O) groups excluding carboxylic acids is 1. The summed E-state index contributed by atoms with van der Waals surface area (Å²) in [5.74, 6) is 1.75. The Morgan fingerprint density at radius 1 is 1.21 bits per heavy atom. The van der Waals surface area contributed by atoms with Crippen molar-refractivity contribution in [3.8, 4) is 22.8 Å². The molecule has 122 valence electrons. The lowest BCUT2D eigenvalue weighted by atomic mass is 10.0. The lowest BCUT2D eigenvalue weighted by Gasteiger charge is -2.10. The van der Waals surface area contributed by atoms with E-state index < -0.39 is 0 Å². The molecular formula is C18H17N3O3. The Hall–Kier alpha value is -2.89. The molecule has 0 bridgehead atoms. The van der Waals surface area contributed by atoms with Crippen LogP contribution in [-0.4, -0.2) is 22.6 Å². The first-order chi connectivity index (χ1) is 11.6. The van der Waals surface area contributed by atoms with E-state index in [2.05, 4.69) is 41.4 Å². The minimum Gasteiger partial charge on any atom is -0.468 e. The summed E-state index contributed by atoms with van der Waals surface area (Å²) in [7, 11) is 0. The lowest BCUT2D eigenvalue weighted by molar-refractivity contribution is 0.0943. The van der Waals surface area contributed by atoms with Crippen LogP contribution in [0.5, 0.6) is 0 Å². The molecule has 2 aromatic heterocycles. The fraction of sp³-hybridized carbons (Fsp3) is 0.278. The Bertz CT molecular complexity index is 891. The average Bonchev–Trinajstić information content (AvgIpc) is 3.22. The van der Waals surface area contributed by atoms with Crippen LogP contribution in [0.3, 0.4) is 0 Å². The van der Waals surface area contributed by atoms with Crippen LogP contribution in [0.2, 0.25) is 0 Å². The normalized spacial score (nSPS) is 13.9. The highest BCUT2D eigenvalue weighted by molar-refractivity contribution is 6.01. The van der Waals surface area contributed by atoms with Crippen molar-refractivity contribution in [1.29, 1.82) is 0 Å². The fourth-order valence-electron chi connectivity index (χ4n) is 2.83. The maximum Gasteiger partial charge on any atom is 0.262 e. The molecule has 0 aliphatic carbocycles. The van der Waals surface area contributed by atoms with Gasteiger partial charge in [-0.1, -0.05) is 43.3 Å². The van der Waals surface area contributed by atoms with E-state index in [-0.39, 0.29) is 5.91 Å². The molecule has 1 aromatic carbocycles. The van der Waals surface area contributed by atoms with Gasteiger partial charge in [0.25, 0.3) is 11.8 Å². The van der Waals surface area contributed by atoms with Crippen molar-refractivity contribution in [2.75, 3.05) is 6.54 Å². The van der Waals surface area contributed by atoms with E-state index in [4.69, 9.17) is 8.94 Å². The topological polar surface area (TPSA) is 81.2 Å². The second kappa shape index (κ2) is 5.63. The first-order valence-electron chi connectivity index (χ1n) is 7.96. The Kier molecular flexibility index (Phi) is 3.45. The molecule has 3 heterocycles. The number of hydrogen-bond acceptors (Lipinski definition) is 5. The second-order valence-electron chi connectivity index (χ2n) is 6.15. The van der Waals surface area contributed by atoms with E-state index in [9.17, 15) is 4.79 Å². The monoisotopic (exact) mass is 323 g/mol. The number of furan rings is 1. The standard InChI is InChI=1S/C18H17N3O3/c1-10(2)11-3-5-12(6-4-11)16-20-18(24-21-16)13-9-23-14-7-8-19-17(22)15(13)14/h3-6,9-10H,7-8H2,1-2H3,(H,19,22). The molecule has 3 aromatic rings. The van der Waals surface area contributed by atoms with Gasteiger partial charge < -0.3 is 14.3 Å². The summed E-state index contributed by atoms with van der Waals surface area (Å²) in [6, 6.07) is 8.06. The zero-order valence-corrected chi connectivity index (χ0v) is 13.5. The Balaban J connectivity index is 1.68. The molecule has 4 rings (SSSR count). The van der Waals surface area contributed by atoms with Gasteiger partial charge >= 0.3 is 0 Å². The molecule has 0 spiro atoms. The van der Waals surface area contributed by atoms with Gasteiger partial charge in [0.2, 0.25) is 5.82 Å². The quantitative estimate of drug-likeness (QED) is 0.799. The maximum atomic E-state index is 12.1. The van der Waals surface area contributed by atoms with Gasteiger partial charge in [-0.2, -0.15) is 4.98 Å². The van der Waals surface area contributed by atoms with Gasteiger partial charge in [-0.25, -0.2) is 0 Å². The van der Waals surface area contributed by atoms with Gasteiger partial charge in [0.1, 0.15) is 12.0 Å². The van der Waals surface area contributed by atoms with Crippen LogP contribution in [-0.2, 0) is 6.42 Å². The van der Waals surface area contributed by atoms with E-state index in [1.54, 1.807) is 0 Å². The second-order valence-corrected chi connectivity index (χ2v) is 6.15. The number of benzene rings is 1. The maximum absolute atomic E-state index is 12.1. The lowest BCUT2D eigenvalue weighted by Crippen LogP contribution is -2.31. The van der Waals surface area contributed by atoms with Gasteiger partial charge in [0.15, 0.2) is 0 Å². The van der Waals surface area contributed by atoms with Crippen molar-refractivity contribution in [2.24, 2.45) is 0 Å². The Morgan fingerprint density at radius 3 is 2.75 bits per heavy atom. The van der Waals surface area contributed by atoms with Gasteiger partial charge in [0, 0.05) is 18.5 Å². The zero-order valence-electron chi connectivity index (χ0n) is 13.5. The zero-order chi connectivity index (χ0) is 16.7. The molecule has 0 atom stereocenters. The number of nitrogens with zero attached hydrogens (tertiary/aromatic N) is 2. The number of nitrogens with one attached hydrogen (secondary N) is 1. The van der Waals surface area contributed by atoms with Crippen LogP contribution in [0.4, 0.5) is 0 Å². The van der Waals surface area contributed by atoms with Crippen molar-refractivity contribution in [1.82, 2.24) is 15.5 Å². The van der Waals surface area contributed by atoms with Crippen molar-refractivity contribution >= 4 is 5.91 Å². The molecule has 0 radical (unpaired) electrons. The number of carbonyl (C=O) groups is 1. The number of hydrogen-bond donors (Lipinski definition) is 1. The summed E-state index contributed by atoms with van der Waals surface area (Å²) in [5.41, 5.74) is 3.16. The highest BCUT2D eigenvalue weighted by Crippen LogP contribution is 2.30. The number of rotatable bonds is 3. The van der Waals surface area contributed by atoms with Crippen LogP contribution >= 0.6 is 0 Å². The minimum atomic E-state index is -0.166. The van der Waals surface area contributed by atoms with E-state index in [0.29, 0.717) is 47.5 Å². The SMILES string of the molecule is CC(C)c1ccc(-c2noc(-c3coc4c3C(=O)NCC4)n2)cc1. The average molecular weight is 323 g/mol. The van der Waals surface area contributed by atoms with Crippen LogP contribution in [0.15, 0.2) is 39.5 Å². The molecule has 1 aliphatic rings. The van der Waals surface area contributed by atoms with Crippen LogP contribution in [0, 0.1) is 0 Å². The number of aromatic nitrogens is 2. The highest BCUT2D eigenvalue weighted by Gasteiger charge is 2.28. The first kappa shape index (κ1) is 14.7. The summed E-state index contributed by atoms with van der Waals surface area (Å²) in [6.45, 7) is 4.87. The summed E-state index contributed by atoms with van der Waals surface area (Å²) in [4.78, 5) is 16.5. The van der Waals surface area contributed by atoms with Gasteiger partial charge in [-0.15, -0.1) is 0 Å². The van der Waals surface area contributed by atoms with Gasteiger partial charge in [0.05, 0.1) is 11.1 Å². The van der Waals surface area contributed by atoms with Crippen molar-refractivity contribution in [3.05, 3.63) is 47.4 Å². The predicted octanol–water partition coefficient (Wildman–Crippen LogP) is 3.41. The van der Waals surface area contributed by atoms with E-state index in [1.165, 1.54) is 11.8 Å². The smallest absolute Gasteiger partial charge is 0.262 e. The molecule has 0 saturated heterocycles. The summed E-state index contributed by atoms with van der Waals surface area (Å²) in [5, 5.41) is 6.83. The molecule has 1 amide bonds. The third kappa shape index (κ3) is 2.40. The van der Waals surface area contributed by atoms with Gasteiger partial charge in [-0.05, 0) is 11.5 Å². The minimum absolute atomic E-state index is 0.166. The van der Waals surface area contributed by atoms with Crippen LogP contribution in [0.1, 0.15) is 41.4 Å². The molecule has 6 heteroatoms. The summed E-state index contributed by atoms with van der Waals surface area (Å²) in [6.07, 6.45) is 2.17. The first-order valence-corrected chi connectivity index (χ1v) is 7.96. The molecule has 6 nitrogen and oxygen atoms in total. The summed E-state index contributed by atoms with van der Waals surface area (Å²) < 4.78 is 10.8. The van der Waals surface area contributed by atoms with E-state index >= 15 is 0 Å². The van der Waals surface area contributed by atoms with Gasteiger partial charge in [-0.3, -0.25) is 4.79 Å². The molecule has 1 aliphatic heterocycles. The Labute approximate surface area is 138 Å². The molecule has 0 saturated carbocycles. The number of amides is 1. The third-order valence-electron chi connectivity index (χ3n) is 4.22. The fourth-order valence-corrected chi connectivity index (χ4v) is 2.83. The van der Waals surface area contributed by atoms with Crippen LogP contribution < -0.4 is 5.32 Å². The predicted molar refractivity (Wildman–Crippen MR) is 87.6 cm³/mol. The van der Waals surface area contributed by atoms with E-state index in [0.717, 1.165) is 5.56 Å². The Morgan fingerprint density at radius 2 is 2.00 bits per heavy atom. The number of fused-ring (bicyclic) bond motifs is 1. The molecule has 0 unspecified atom stereocenters. The third-order valence-corrected chi connectivity index (χ3v) is 4.22. The molecule has 24 heavy (non-hydrogen) atoms. The molecule has 0 fully saturated rings. The largest absolute Gasteiger partial charge is 0.468 e. The summed E-state index contributed by atoms with van der Waals surface area (Å²) >= 11 is 0. The molecular weight excluding hydrogens is 306 g/mol.